The Bertz CT molecular complexity index is 963. The second-order valence-electron chi connectivity index (χ2n) is 7.05. The second kappa shape index (κ2) is 8.64. The van der Waals surface area contributed by atoms with Crippen molar-refractivity contribution in [2.24, 2.45) is 5.92 Å². The van der Waals surface area contributed by atoms with Gasteiger partial charge in [0.15, 0.2) is 5.82 Å². The molecule has 0 aliphatic carbocycles. The highest BCUT2D eigenvalue weighted by Gasteiger charge is 2.31. The molecule has 2 heterocycles. The van der Waals surface area contributed by atoms with Gasteiger partial charge >= 0.3 is 12.1 Å². The standard InChI is InChI=1S/C19H20F3N5O3/c1-12-23-25-27(24-12)11-15-10-16(19(20,21)22)4-2-13(15)3-5-17(28)26-8-6-14(7-9-26)18(29)30/h2-5,10,14H,6-9,11H2,1H3,(H,29,30)/b5-3+. The van der Waals surface area contributed by atoms with E-state index >= 15 is 0 Å². The normalized spacial score (nSPS) is 15.7. The Morgan fingerprint density at radius 3 is 2.53 bits per heavy atom. The van der Waals surface area contributed by atoms with E-state index in [4.69, 9.17) is 5.11 Å². The number of tetrazole rings is 1. The van der Waals surface area contributed by atoms with E-state index in [9.17, 15) is 22.8 Å². The first kappa shape index (κ1) is 21.5. The molecular weight excluding hydrogens is 403 g/mol. The molecule has 1 aliphatic rings. The van der Waals surface area contributed by atoms with Crippen LogP contribution in [0, 0.1) is 12.8 Å². The second-order valence-corrected chi connectivity index (χ2v) is 7.05. The van der Waals surface area contributed by atoms with Crippen LogP contribution in [0.5, 0.6) is 0 Å². The maximum atomic E-state index is 13.1. The number of piperidine rings is 1. The van der Waals surface area contributed by atoms with Gasteiger partial charge < -0.3 is 10.0 Å². The van der Waals surface area contributed by atoms with Crippen LogP contribution in [0.15, 0.2) is 24.3 Å². The summed E-state index contributed by atoms with van der Waals surface area (Å²) in [7, 11) is 0. The molecule has 1 aromatic carbocycles. The number of benzene rings is 1. The molecule has 0 atom stereocenters. The number of carboxylic acids is 1. The number of carbonyl (C=O) groups is 2. The van der Waals surface area contributed by atoms with Crippen LogP contribution in [-0.2, 0) is 22.3 Å². The number of aromatic nitrogens is 4. The van der Waals surface area contributed by atoms with E-state index < -0.39 is 23.6 Å². The molecule has 30 heavy (non-hydrogen) atoms. The number of nitrogens with zero attached hydrogens (tertiary/aromatic N) is 5. The van der Waals surface area contributed by atoms with Gasteiger partial charge in [0.25, 0.3) is 0 Å². The lowest BCUT2D eigenvalue weighted by Gasteiger charge is -2.29. The number of aliphatic carboxylic acids is 1. The first-order valence-electron chi connectivity index (χ1n) is 9.28. The third-order valence-corrected chi connectivity index (χ3v) is 4.90. The zero-order valence-electron chi connectivity index (χ0n) is 16.1. The average Bonchev–Trinajstić information content (AvgIpc) is 3.10. The number of carboxylic acid groups (broad SMARTS) is 1. The van der Waals surface area contributed by atoms with E-state index in [-0.39, 0.29) is 18.0 Å². The van der Waals surface area contributed by atoms with Crippen molar-refractivity contribution in [2.75, 3.05) is 13.1 Å². The van der Waals surface area contributed by atoms with Crippen LogP contribution in [0.1, 0.15) is 35.4 Å². The highest BCUT2D eigenvalue weighted by atomic mass is 19.4. The Balaban J connectivity index is 1.78. The fourth-order valence-electron chi connectivity index (χ4n) is 3.24. The zero-order valence-corrected chi connectivity index (χ0v) is 16.1. The van der Waals surface area contributed by atoms with Gasteiger partial charge in [-0.3, -0.25) is 9.59 Å². The SMILES string of the molecule is Cc1nnn(Cc2cc(C(F)(F)F)ccc2/C=C/C(=O)N2CCC(C(=O)O)CC2)n1. The van der Waals surface area contributed by atoms with Crippen molar-refractivity contribution in [1.29, 1.82) is 0 Å². The lowest BCUT2D eigenvalue weighted by molar-refractivity contribution is -0.144. The highest BCUT2D eigenvalue weighted by molar-refractivity contribution is 5.92. The van der Waals surface area contributed by atoms with E-state index in [1.165, 1.54) is 27.9 Å². The van der Waals surface area contributed by atoms with E-state index in [1.54, 1.807) is 6.92 Å². The topological polar surface area (TPSA) is 101 Å². The summed E-state index contributed by atoms with van der Waals surface area (Å²) >= 11 is 0. The Morgan fingerprint density at radius 1 is 1.27 bits per heavy atom. The van der Waals surface area contributed by atoms with Gasteiger partial charge in [-0.25, -0.2) is 0 Å². The van der Waals surface area contributed by atoms with Gasteiger partial charge in [-0.2, -0.15) is 18.0 Å². The van der Waals surface area contributed by atoms with Crippen molar-refractivity contribution in [3.8, 4) is 0 Å². The molecule has 0 radical (unpaired) electrons. The Hall–Kier alpha value is -3.24. The maximum absolute atomic E-state index is 13.1. The zero-order chi connectivity index (χ0) is 21.9. The third kappa shape index (κ3) is 5.22. The fraction of sp³-hybridized carbons (Fsp3) is 0.421. The summed E-state index contributed by atoms with van der Waals surface area (Å²) in [4.78, 5) is 26.1. The molecule has 1 saturated heterocycles. The first-order valence-corrected chi connectivity index (χ1v) is 9.28. The maximum Gasteiger partial charge on any atom is 0.416 e. The predicted molar refractivity (Wildman–Crippen MR) is 99.1 cm³/mol. The molecule has 160 valence electrons. The summed E-state index contributed by atoms with van der Waals surface area (Å²) in [6.07, 6.45) is -1.03. The average molecular weight is 423 g/mol. The van der Waals surface area contributed by atoms with Gasteiger partial charge in [0.1, 0.15) is 0 Å². The van der Waals surface area contributed by atoms with Crippen molar-refractivity contribution < 1.29 is 27.9 Å². The molecule has 0 bridgehead atoms. The number of hydrogen-bond donors (Lipinski definition) is 1. The highest BCUT2D eigenvalue weighted by Crippen LogP contribution is 2.31. The molecule has 1 fully saturated rings. The largest absolute Gasteiger partial charge is 0.481 e. The number of likely N-dealkylation sites (tertiary alicyclic amines) is 1. The molecular formula is C19H20F3N5O3. The fourth-order valence-corrected chi connectivity index (χ4v) is 3.24. The van der Waals surface area contributed by atoms with Crippen LogP contribution in [0.4, 0.5) is 13.2 Å². The van der Waals surface area contributed by atoms with Crippen molar-refractivity contribution in [3.05, 3.63) is 46.8 Å². The van der Waals surface area contributed by atoms with Crippen molar-refractivity contribution in [3.63, 3.8) is 0 Å². The summed E-state index contributed by atoms with van der Waals surface area (Å²) in [5.74, 6) is -1.26. The number of aryl methyl sites for hydroxylation is 1. The van der Waals surface area contributed by atoms with Gasteiger partial charge in [-0.15, -0.1) is 10.2 Å². The molecule has 1 N–H and O–H groups in total. The lowest BCUT2D eigenvalue weighted by Crippen LogP contribution is -2.39. The number of amides is 1. The van der Waals surface area contributed by atoms with Gasteiger partial charge in [0, 0.05) is 19.2 Å². The van der Waals surface area contributed by atoms with E-state index in [0.29, 0.717) is 37.3 Å². The molecule has 0 saturated carbocycles. The molecule has 8 nitrogen and oxygen atoms in total. The van der Waals surface area contributed by atoms with Gasteiger partial charge in [-0.05, 0) is 54.3 Å². The number of rotatable bonds is 5. The van der Waals surface area contributed by atoms with Crippen LogP contribution in [0.3, 0.4) is 0 Å². The van der Waals surface area contributed by atoms with Crippen LogP contribution in [-0.4, -0.2) is 55.2 Å². The summed E-state index contributed by atoms with van der Waals surface area (Å²) in [5.41, 5.74) is -0.101. The molecule has 1 amide bonds. The lowest BCUT2D eigenvalue weighted by atomic mass is 9.97. The number of alkyl halides is 3. The van der Waals surface area contributed by atoms with Crippen molar-refractivity contribution >= 4 is 18.0 Å². The van der Waals surface area contributed by atoms with Crippen LogP contribution >= 0.6 is 0 Å². The summed E-state index contributed by atoms with van der Waals surface area (Å²) in [5, 5.41) is 20.5. The van der Waals surface area contributed by atoms with Gasteiger partial charge in [0.2, 0.25) is 5.91 Å². The Labute approximate surface area is 170 Å². The predicted octanol–water partition coefficient (Wildman–Crippen LogP) is 2.39. The van der Waals surface area contributed by atoms with Crippen LogP contribution in [0.2, 0.25) is 0 Å². The molecule has 0 spiro atoms. The minimum absolute atomic E-state index is 0.0391. The summed E-state index contributed by atoms with van der Waals surface area (Å²) in [6.45, 7) is 2.22. The minimum Gasteiger partial charge on any atom is -0.481 e. The van der Waals surface area contributed by atoms with Crippen LogP contribution in [0.25, 0.3) is 6.08 Å². The van der Waals surface area contributed by atoms with Crippen LogP contribution < -0.4 is 0 Å². The molecule has 3 rings (SSSR count). The van der Waals surface area contributed by atoms with E-state index in [2.05, 4.69) is 15.4 Å². The summed E-state index contributed by atoms with van der Waals surface area (Å²) in [6, 6.07) is 3.25. The molecule has 11 heteroatoms. The smallest absolute Gasteiger partial charge is 0.416 e. The quantitative estimate of drug-likeness (QED) is 0.741. The number of halogens is 3. The summed E-state index contributed by atoms with van der Waals surface area (Å²) < 4.78 is 39.4. The number of carbonyl (C=O) groups excluding carboxylic acids is 1. The molecule has 1 aromatic heterocycles. The molecule has 1 aliphatic heterocycles. The van der Waals surface area contributed by atoms with Gasteiger partial charge in [-0.1, -0.05) is 6.07 Å². The third-order valence-electron chi connectivity index (χ3n) is 4.90. The van der Waals surface area contributed by atoms with Crippen molar-refractivity contribution in [1.82, 2.24) is 25.1 Å². The van der Waals surface area contributed by atoms with Crippen molar-refractivity contribution in [2.45, 2.75) is 32.5 Å². The van der Waals surface area contributed by atoms with E-state index in [1.807, 2.05) is 0 Å². The Kier molecular flexibility index (Phi) is 6.18. The minimum atomic E-state index is -4.51. The number of hydrogen-bond acceptors (Lipinski definition) is 5. The Morgan fingerprint density at radius 2 is 1.97 bits per heavy atom. The monoisotopic (exact) mass is 423 g/mol. The molecule has 2 aromatic rings. The molecule has 0 unspecified atom stereocenters. The first-order chi connectivity index (χ1) is 14.1. The van der Waals surface area contributed by atoms with Gasteiger partial charge in [0.05, 0.1) is 18.0 Å². The van der Waals surface area contributed by atoms with E-state index in [0.717, 1.165) is 12.1 Å².